The maximum Gasteiger partial charge on any atom is 0.0944 e. The fraction of sp³-hybridized carbons (Fsp3) is 0.111. The highest BCUT2D eigenvalue weighted by atomic mass is 14.9. The number of amidine groups is 1. The summed E-state index contributed by atoms with van der Waals surface area (Å²) in [5.74, 6) is 0.433. The van der Waals surface area contributed by atoms with Gasteiger partial charge in [0.15, 0.2) is 0 Å². The summed E-state index contributed by atoms with van der Waals surface area (Å²) in [5, 5.41) is 11.6. The van der Waals surface area contributed by atoms with Crippen LogP contribution in [0.2, 0.25) is 0 Å². The van der Waals surface area contributed by atoms with Gasteiger partial charge in [-0.15, -0.1) is 0 Å². The topological polar surface area (TPSA) is 48.8 Å². The van der Waals surface area contributed by atoms with Gasteiger partial charge in [-0.2, -0.15) is 0 Å². The van der Waals surface area contributed by atoms with E-state index in [-0.39, 0.29) is 0 Å². The first kappa shape index (κ1) is 13.3. The predicted octanol–water partition coefficient (Wildman–Crippen LogP) is 4.23. The number of anilines is 1. The van der Waals surface area contributed by atoms with Crippen molar-refractivity contribution < 1.29 is 0 Å². The largest absolute Gasteiger partial charge is 0.344 e. The lowest BCUT2D eigenvalue weighted by molar-refractivity contribution is 1.10. The fourth-order valence-electron chi connectivity index (χ4n) is 2.37. The number of nitrogens with one attached hydrogen (secondary N) is 2. The highest BCUT2D eigenvalue weighted by Crippen LogP contribution is 2.19. The molecule has 0 aliphatic heterocycles. The molecule has 0 saturated carbocycles. The predicted molar refractivity (Wildman–Crippen MR) is 88.0 cm³/mol. The highest BCUT2D eigenvalue weighted by Gasteiger charge is 2.02. The van der Waals surface area contributed by atoms with Crippen LogP contribution in [0.4, 0.5) is 5.69 Å². The van der Waals surface area contributed by atoms with E-state index >= 15 is 0 Å². The zero-order valence-corrected chi connectivity index (χ0v) is 11.9. The molecule has 104 valence electrons. The third-order valence-electron chi connectivity index (χ3n) is 3.31. The molecular weight excluding hydrogens is 258 g/mol. The third kappa shape index (κ3) is 3.26. The number of fused-ring (bicyclic) bond motifs is 1. The van der Waals surface area contributed by atoms with Gasteiger partial charge < -0.3 is 5.32 Å². The van der Waals surface area contributed by atoms with E-state index in [0.29, 0.717) is 5.84 Å². The Kier molecular flexibility index (Phi) is 3.65. The average Bonchev–Trinajstić information content (AvgIpc) is 2.48. The van der Waals surface area contributed by atoms with E-state index in [4.69, 9.17) is 10.4 Å². The molecular formula is C18H17N3. The molecule has 2 aromatic carbocycles. The molecule has 21 heavy (non-hydrogen) atoms. The van der Waals surface area contributed by atoms with E-state index in [1.54, 1.807) is 6.92 Å². The molecule has 0 atom stereocenters. The molecule has 1 heterocycles. The maximum atomic E-state index is 7.47. The number of nitrogens with zero attached hydrogens (tertiary/aromatic N) is 1. The third-order valence-corrected chi connectivity index (χ3v) is 3.31. The molecule has 0 saturated heterocycles. The first-order valence-electron chi connectivity index (χ1n) is 6.96. The second kappa shape index (κ2) is 5.75. The van der Waals surface area contributed by atoms with Gasteiger partial charge in [0.2, 0.25) is 0 Å². The van der Waals surface area contributed by atoms with Crippen molar-refractivity contribution in [3.05, 3.63) is 71.9 Å². The van der Waals surface area contributed by atoms with Crippen molar-refractivity contribution in [3.63, 3.8) is 0 Å². The van der Waals surface area contributed by atoms with Crippen LogP contribution in [0.25, 0.3) is 10.9 Å². The molecule has 0 unspecified atom stereocenters. The molecule has 0 bridgehead atoms. The molecule has 3 aromatic rings. The van der Waals surface area contributed by atoms with Gasteiger partial charge in [0.05, 0.1) is 11.4 Å². The van der Waals surface area contributed by atoms with Gasteiger partial charge in [-0.05, 0) is 36.8 Å². The lowest BCUT2D eigenvalue weighted by atomic mass is 10.1. The Morgan fingerprint density at radius 2 is 1.86 bits per heavy atom. The number of benzene rings is 2. The minimum atomic E-state index is 0.433. The smallest absolute Gasteiger partial charge is 0.0944 e. The summed E-state index contributed by atoms with van der Waals surface area (Å²) in [4.78, 5) is 4.71. The average molecular weight is 275 g/mol. The number of aromatic nitrogens is 1. The van der Waals surface area contributed by atoms with Crippen LogP contribution in [-0.4, -0.2) is 10.8 Å². The van der Waals surface area contributed by atoms with E-state index in [9.17, 15) is 0 Å². The normalized spacial score (nSPS) is 10.5. The SMILES string of the molecule is CC(=N)Nc1ccc2nc(Cc3ccccc3)ccc2c1. The quantitative estimate of drug-likeness (QED) is 0.555. The van der Waals surface area contributed by atoms with Crippen LogP contribution >= 0.6 is 0 Å². The molecule has 3 rings (SSSR count). The lowest BCUT2D eigenvalue weighted by Crippen LogP contribution is -2.04. The van der Waals surface area contributed by atoms with Crippen molar-refractivity contribution in [1.82, 2.24) is 4.98 Å². The number of hydrogen-bond donors (Lipinski definition) is 2. The van der Waals surface area contributed by atoms with Crippen LogP contribution in [0.3, 0.4) is 0 Å². The zero-order chi connectivity index (χ0) is 14.7. The molecule has 0 aliphatic carbocycles. The zero-order valence-electron chi connectivity index (χ0n) is 11.9. The summed E-state index contributed by atoms with van der Waals surface area (Å²) < 4.78 is 0. The molecule has 3 heteroatoms. The number of hydrogen-bond acceptors (Lipinski definition) is 2. The fourth-order valence-corrected chi connectivity index (χ4v) is 2.37. The van der Waals surface area contributed by atoms with E-state index in [1.807, 2.05) is 36.4 Å². The Morgan fingerprint density at radius 1 is 1.05 bits per heavy atom. The van der Waals surface area contributed by atoms with Gasteiger partial charge >= 0.3 is 0 Å². The van der Waals surface area contributed by atoms with Crippen molar-refractivity contribution in [2.24, 2.45) is 0 Å². The highest BCUT2D eigenvalue weighted by molar-refractivity contribution is 5.93. The maximum absolute atomic E-state index is 7.47. The van der Waals surface area contributed by atoms with Crippen LogP contribution in [0.15, 0.2) is 60.7 Å². The van der Waals surface area contributed by atoms with Gasteiger partial charge in [-0.3, -0.25) is 10.4 Å². The Labute approximate surface area is 124 Å². The van der Waals surface area contributed by atoms with Crippen LogP contribution in [0.5, 0.6) is 0 Å². The van der Waals surface area contributed by atoms with E-state index in [1.165, 1.54) is 5.56 Å². The minimum absolute atomic E-state index is 0.433. The summed E-state index contributed by atoms with van der Waals surface area (Å²) in [6.07, 6.45) is 0.844. The second-order valence-corrected chi connectivity index (χ2v) is 5.12. The number of pyridine rings is 1. The van der Waals surface area contributed by atoms with Crippen LogP contribution < -0.4 is 5.32 Å². The standard InChI is InChI=1S/C18H17N3/c1-13(19)20-17-9-10-18-15(12-17)7-8-16(21-18)11-14-5-3-2-4-6-14/h2-10,12H,11H2,1H3,(H2,19,20). The van der Waals surface area contributed by atoms with Crippen LogP contribution in [0, 0.1) is 5.41 Å². The first-order valence-corrected chi connectivity index (χ1v) is 6.96. The van der Waals surface area contributed by atoms with E-state index in [2.05, 4.69) is 29.6 Å². The summed E-state index contributed by atoms with van der Waals surface area (Å²) in [7, 11) is 0. The van der Waals surface area contributed by atoms with Gasteiger partial charge in [0.25, 0.3) is 0 Å². The Bertz CT molecular complexity index is 779. The van der Waals surface area contributed by atoms with Crippen LogP contribution in [-0.2, 0) is 6.42 Å². The van der Waals surface area contributed by atoms with Crippen molar-refractivity contribution in [2.45, 2.75) is 13.3 Å². The summed E-state index contributed by atoms with van der Waals surface area (Å²) >= 11 is 0. The van der Waals surface area contributed by atoms with Gasteiger partial charge in [-0.1, -0.05) is 36.4 Å². The molecule has 0 spiro atoms. The Morgan fingerprint density at radius 3 is 2.62 bits per heavy atom. The summed E-state index contributed by atoms with van der Waals surface area (Å²) in [6.45, 7) is 1.73. The summed E-state index contributed by atoms with van der Waals surface area (Å²) in [5.41, 5.74) is 4.24. The Balaban J connectivity index is 1.88. The van der Waals surface area contributed by atoms with E-state index < -0.39 is 0 Å². The van der Waals surface area contributed by atoms with Crippen LogP contribution in [0.1, 0.15) is 18.2 Å². The van der Waals surface area contributed by atoms with Gasteiger partial charge in [0, 0.05) is 23.2 Å². The van der Waals surface area contributed by atoms with Crippen molar-refractivity contribution >= 4 is 22.4 Å². The van der Waals surface area contributed by atoms with Crippen molar-refractivity contribution in [2.75, 3.05) is 5.32 Å². The molecule has 0 fully saturated rings. The lowest BCUT2D eigenvalue weighted by Gasteiger charge is -2.07. The van der Waals surface area contributed by atoms with Crippen molar-refractivity contribution in [3.8, 4) is 0 Å². The monoisotopic (exact) mass is 275 g/mol. The van der Waals surface area contributed by atoms with Crippen molar-refractivity contribution in [1.29, 1.82) is 5.41 Å². The van der Waals surface area contributed by atoms with E-state index in [0.717, 1.165) is 28.7 Å². The molecule has 0 aliphatic rings. The summed E-state index contributed by atoms with van der Waals surface area (Å²) in [6, 6.07) is 20.5. The molecule has 0 radical (unpaired) electrons. The molecule has 3 nitrogen and oxygen atoms in total. The second-order valence-electron chi connectivity index (χ2n) is 5.12. The molecule has 0 amide bonds. The van der Waals surface area contributed by atoms with Gasteiger partial charge in [0.1, 0.15) is 0 Å². The van der Waals surface area contributed by atoms with Gasteiger partial charge in [-0.25, -0.2) is 0 Å². The Hall–Kier alpha value is -2.68. The molecule has 1 aromatic heterocycles. The number of rotatable bonds is 3. The molecule has 2 N–H and O–H groups in total. The minimum Gasteiger partial charge on any atom is -0.344 e. The first-order chi connectivity index (χ1) is 10.2.